The number of hydrogen-bond donors (Lipinski definition) is 2. The van der Waals surface area contributed by atoms with Crippen molar-refractivity contribution in [2.45, 2.75) is 40.0 Å². The second-order valence-electron chi connectivity index (χ2n) is 9.89. The van der Waals surface area contributed by atoms with Gasteiger partial charge in [-0.2, -0.15) is 0 Å². The van der Waals surface area contributed by atoms with E-state index in [1.165, 1.54) is 29.8 Å². The molecule has 0 radical (unpaired) electrons. The van der Waals surface area contributed by atoms with Crippen LogP contribution in [0.3, 0.4) is 0 Å². The zero-order chi connectivity index (χ0) is 26.2. The highest BCUT2D eigenvalue weighted by Gasteiger charge is 2.35. The lowest BCUT2D eigenvalue weighted by atomic mass is 9.87. The van der Waals surface area contributed by atoms with E-state index < -0.39 is 30.2 Å². The van der Waals surface area contributed by atoms with E-state index in [9.17, 15) is 18.8 Å². The lowest BCUT2D eigenvalue weighted by Crippen LogP contribution is -2.38. The van der Waals surface area contributed by atoms with Gasteiger partial charge in [0, 0.05) is 22.8 Å². The summed E-state index contributed by atoms with van der Waals surface area (Å²) in [7, 11) is 0. The lowest BCUT2D eigenvalue weighted by Gasteiger charge is -2.20. The van der Waals surface area contributed by atoms with Crippen LogP contribution < -0.4 is 10.6 Å². The fourth-order valence-electron chi connectivity index (χ4n) is 4.19. The van der Waals surface area contributed by atoms with Gasteiger partial charge in [0.05, 0.1) is 0 Å². The first-order chi connectivity index (χ1) is 16.9. The van der Waals surface area contributed by atoms with Crippen LogP contribution in [0.1, 0.15) is 43.3 Å². The van der Waals surface area contributed by atoms with Crippen LogP contribution in [-0.4, -0.2) is 33.9 Å². The van der Waals surface area contributed by atoms with E-state index in [-0.39, 0.29) is 11.1 Å². The van der Waals surface area contributed by atoms with Crippen molar-refractivity contribution in [3.8, 4) is 5.69 Å². The number of anilines is 1. The first-order valence-corrected chi connectivity index (χ1v) is 11.6. The van der Waals surface area contributed by atoms with Gasteiger partial charge in [-0.1, -0.05) is 32.9 Å². The summed E-state index contributed by atoms with van der Waals surface area (Å²) in [6.45, 7) is 9.97. The maximum absolute atomic E-state index is 13.1. The molecule has 36 heavy (non-hydrogen) atoms. The number of urea groups is 1. The molecule has 0 unspecified atom stereocenters. The largest absolute Gasteiger partial charge is 0.329 e. The van der Waals surface area contributed by atoms with E-state index in [4.69, 9.17) is 0 Å². The maximum Gasteiger partial charge on any atom is 0.329 e. The van der Waals surface area contributed by atoms with Crippen molar-refractivity contribution in [2.75, 3.05) is 11.9 Å². The van der Waals surface area contributed by atoms with E-state index in [0.29, 0.717) is 5.69 Å². The number of benzene rings is 2. The predicted octanol–water partition coefficient (Wildman–Crippen LogP) is 5.06. The summed E-state index contributed by atoms with van der Waals surface area (Å²) >= 11 is 0. The van der Waals surface area contributed by atoms with Crippen LogP contribution in [0.15, 0.2) is 60.3 Å². The number of imide groups is 1. The highest BCUT2D eigenvalue weighted by atomic mass is 19.1. The second kappa shape index (κ2) is 9.45. The Hall–Kier alpha value is -4.20. The Kier molecular flexibility index (Phi) is 6.54. The summed E-state index contributed by atoms with van der Waals surface area (Å²) in [6.07, 6.45) is 1.63. The number of carbonyl (C=O) groups excluding carboxylic acids is 3. The monoisotopic (exact) mass is 488 g/mol. The molecule has 0 spiro atoms. The van der Waals surface area contributed by atoms with Crippen molar-refractivity contribution in [1.29, 1.82) is 0 Å². The number of nitrogens with zero attached hydrogens (tertiary/aromatic N) is 2. The molecule has 2 N–H and O–H groups in total. The number of halogens is 1. The van der Waals surface area contributed by atoms with Gasteiger partial charge in [0.25, 0.3) is 5.91 Å². The number of nitrogens with one attached hydrogen (secondary N) is 2. The fraction of sp³-hybridized carbons (Fsp3) is 0.250. The molecule has 186 valence electrons. The summed E-state index contributed by atoms with van der Waals surface area (Å²) in [4.78, 5) is 38.5. The molecule has 1 fully saturated rings. The van der Waals surface area contributed by atoms with Gasteiger partial charge in [-0.25, -0.2) is 14.1 Å². The summed E-state index contributed by atoms with van der Waals surface area (Å²) in [5.74, 6) is -1.59. The third kappa shape index (κ3) is 5.07. The zero-order valence-corrected chi connectivity index (χ0v) is 21.0. The van der Waals surface area contributed by atoms with Crippen LogP contribution in [0.5, 0.6) is 0 Å². The number of carbonyl (C=O) groups is 3. The number of amides is 4. The average molecular weight is 489 g/mol. The fourth-order valence-corrected chi connectivity index (χ4v) is 4.19. The van der Waals surface area contributed by atoms with Gasteiger partial charge in [-0.05, 0) is 78.9 Å². The van der Waals surface area contributed by atoms with Crippen LogP contribution in [0.25, 0.3) is 11.8 Å². The molecular weight excluding hydrogens is 459 g/mol. The van der Waals surface area contributed by atoms with Crippen molar-refractivity contribution in [3.63, 3.8) is 0 Å². The minimum Gasteiger partial charge on any atom is -0.325 e. The van der Waals surface area contributed by atoms with Crippen molar-refractivity contribution >= 4 is 29.6 Å². The molecule has 0 aliphatic carbocycles. The zero-order valence-electron chi connectivity index (χ0n) is 21.0. The van der Waals surface area contributed by atoms with Crippen LogP contribution in [0.2, 0.25) is 0 Å². The average Bonchev–Trinajstić information content (AvgIpc) is 3.24. The minimum atomic E-state index is -0.674. The molecule has 2 aromatic carbocycles. The van der Waals surface area contributed by atoms with Crippen LogP contribution in [-0.2, 0) is 15.0 Å². The molecule has 1 aliphatic heterocycles. The normalized spacial score (nSPS) is 14.9. The van der Waals surface area contributed by atoms with E-state index in [1.807, 2.05) is 19.9 Å². The van der Waals surface area contributed by atoms with E-state index >= 15 is 0 Å². The van der Waals surface area contributed by atoms with Crippen molar-refractivity contribution < 1.29 is 18.8 Å². The third-order valence-electron chi connectivity index (χ3n) is 6.15. The molecule has 8 heteroatoms. The summed E-state index contributed by atoms with van der Waals surface area (Å²) in [5, 5.41) is 5.11. The number of aromatic nitrogens is 1. The lowest BCUT2D eigenvalue weighted by molar-refractivity contribution is -0.127. The number of hydrogen-bond acceptors (Lipinski definition) is 3. The van der Waals surface area contributed by atoms with Crippen LogP contribution in [0.4, 0.5) is 14.9 Å². The van der Waals surface area contributed by atoms with E-state index in [2.05, 4.69) is 60.2 Å². The van der Waals surface area contributed by atoms with Crippen molar-refractivity contribution in [3.05, 3.63) is 88.6 Å². The smallest absolute Gasteiger partial charge is 0.325 e. The summed E-state index contributed by atoms with van der Waals surface area (Å²) < 4.78 is 15.2. The minimum absolute atomic E-state index is 0.0533. The number of rotatable bonds is 5. The van der Waals surface area contributed by atoms with Gasteiger partial charge in [-0.15, -0.1) is 0 Å². The van der Waals surface area contributed by atoms with Gasteiger partial charge >= 0.3 is 6.03 Å². The topological polar surface area (TPSA) is 83.4 Å². The maximum atomic E-state index is 13.1. The Bertz CT molecular complexity index is 1360. The standard InChI is InChI=1S/C28H29FN4O3/c1-17-14-19(18(2)33(17)23-12-6-20(7-13-23)28(3,4)5)15-24-26(35)32(27(36)31-24)16-25(34)30-22-10-8-21(29)9-11-22/h6-15H,16H2,1-5H3,(H,30,34)(H,31,36)/b24-15-. The molecule has 2 heterocycles. The Morgan fingerprint density at radius 3 is 2.28 bits per heavy atom. The van der Waals surface area contributed by atoms with Gasteiger partial charge in [0.2, 0.25) is 5.91 Å². The van der Waals surface area contributed by atoms with Gasteiger partial charge < -0.3 is 15.2 Å². The molecule has 4 amide bonds. The van der Waals surface area contributed by atoms with Crippen molar-refractivity contribution in [2.24, 2.45) is 0 Å². The quantitative estimate of drug-likeness (QED) is 0.389. The highest BCUT2D eigenvalue weighted by molar-refractivity contribution is 6.16. The summed E-state index contributed by atoms with van der Waals surface area (Å²) in [5.41, 5.74) is 5.44. The predicted molar refractivity (Wildman–Crippen MR) is 137 cm³/mol. The molecule has 0 bridgehead atoms. The Labute approximate surface area is 209 Å². The third-order valence-corrected chi connectivity index (χ3v) is 6.15. The van der Waals surface area contributed by atoms with E-state index in [1.54, 1.807) is 6.08 Å². The highest BCUT2D eigenvalue weighted by Crippen LogP contribution is 2.27. The molecular formula is C28H29FN4O3. The second-order valence-corrected chi connectivity index (χ2v) is 9.89. The first-order valence-electron chi connectivity index (χ1n) is 11.6. The van der Waals surface area contributed by atoms with E-state index in [0.717, 1.165) is 27.5 Å². The van der Waals surface area contributed by atoms with Gasteiger partial charge in [0.15, 0.2) is 0 Å². The Balaban J connectivity index is 1.52. The molecule has 1 aliphatic rings. The summed E-state index contributed by atoms with van der Waals surface area (Å²) in [6, 6.07) is 14.9. The number of aryl methyl sites for hydroxylation is 1. The van der Waals surface area contributed by atoms with Crippen molar-refractivity contribution in [1.82, 2.24) is 14.8 Å². The molecule has 4 rings (SSSR count). The molecule has 3 aromatic rings. The van der Waals surface area contributed by atoms with Crippen LogP contribution in [0, 0.1) is 19.7 Å². The van der Waals surface area contributed by atoms with Crippen LogP contribution >= 0.6 is 0 Å². The SMILES string of the molecule is Cc1cc(/C=C2\NC(=O)N(CC(=O)Nc3ccc(F)cc3)C2=O)c(C)n1-c1ccc(C(C)(C)C)cc1. The molecule has 7 nitrogen and oxygen atoms in total. The van der Waals surface area contributed by atoms with Gasteiger partial charge in [0.1, 0.15) is 18.1 Å². The Morgan fingerprint density at radius 2 is 1.67 bits per heavy atom. The molecule has 1 aromatic heterocycles. The first kappa shape index (κ1) is 24.9. The van der Waals surface area contributed by atoms with Gasteiger partial charge in [-0.3, -0.25) is 9.59 Å². The molecule has 0 atom stereocenters. The Morgan fingerprint density at radius 1 is 1.03 bits per heavy atom. The molecule has 0 saturated carbocycles. The molecule has 1 saturated heterocycles.